The van der Waals surface area contributed by atoms with Gasteiger partial charge in [-0.25, -0.2) is 17.6 Å². The van der Waals surface area contributed by atoms with Gasteiger partial charge >= 0.3 is 6.03 Å². The number of amides is 2. The van der Waals surface area contributed by atoms with Gasteiger partial charge in [0, 0.05) is 15.6 Å². The molecular formula is C14H15FN2O3S2. The fourth-order valence-electron chi connectivity index (χ4n) is 2.47. The van der Waals surface area contributed by atoms with Crippen molar-refractivity contribution < 1.29 is 17.6 Å². The second kappa shape index (κ2) is 5.85. The van der Waals surface area contributed by atoms with Crippen LogP contribution in [0.5, 0.6) is 0 Å². The van der Waals surface area contributed by atoms with Crippen molar-refractivity contribution >= 4 is 37.3 Å². The number of thiophene rings is 1. The number of rotatable bonds is 3. The Hall–Kier alpha value is -1.67. The first kappa shape index (κ1) is 15.2. The number of carbonyl (C=O) groups is 1. The fourth-order valence-corrected chi connectivity index (χ4v) is 5.13. The monoisotopic (exact) mass is 342 g/mol. The summed E-state index contributed by atoms with van der Waals surface area (Å²) < 4.78 is 36.7. The maximum absolute atomic E-state index is 13.1. The summed E-state index contributed by atoms with van der Waals surface area (Å²) in [6.07, 6.45) is 0.456. The van der Waals surface area contributed by atoms with Gasteiger partial charge in [-0.3, -0.25) is 0 Å². The van der Waals surface area contributed by atoms with Crippen LogP contribution in [-0.2, 0) is 16.4 Å². The summed E-state index contributed by atoms with van der Waals surface area (Å²) in [5, 5.41) is 6.17. The molecule has 0 aliphatic carbocycles. The van der Waals surface area contributed by atoms with Crippen molar-refractivity contribution in [1.82, 2.24) is 10.6 Å². The van der Waals surface area contributed by atoms with E-state index in [-0.39, 0.29) is 29.4 Å². The van der Waals surface area contributed by atoms with E-state index in [1.807, 2.05) is 6.07 Å². The Kier molecular flexibility index (Phi) is 4.05. The van der Waals surface area contributed by atoms with E-state index < -0.39 is 9.84 Å². The van der Waals surface area contributed by atoms with Crippen LogP contribution < -0.4 is 10.6 Å². The lowest BCUT2D eigenvalue weighted by Gasteiger charge is -2.11. The molecular weight excluding hydrogens is 327 g/mol. The first-order chi connectivity index (χ1) is 10.4. The highest BCUT2D eigenvalue weighted by Crippen LogP contribution is 2.26. The lowest BCUT2D eigenvalue weighted by molar-refractivity contribution is 0.237. The third-order valence-electron chi connectivity index (χ3n) is 3.52. The average molecular weight is 342 g/mol. The van der Waals surface area contributed by atoms with Gasteiger partial charge in [0.1, 0.15) is 5.82 Å². The van der Waals surface area contributed by atoms with Crippen LogP contribution in [0.3, 0.4) is 0 Å². The number of hydrogen-bond acceptors (Lipinski definition) is 4. The number of sulfone groups is 1. The van der Waals surface area contributed by atoms with Crippen LogP contribution in [0, 0.1) is 5.82 Å². The van der Waals surface area contributed by atoms with E-state index in [9.17, 15) is 17.6 Å². The summed E-state index contributed by atoms with van der Waals surface area (Å²) in [4.78, 5) is 12.7. The number of halogens is 1. The molecule has 5 nitrogen and oxygen atoms in total. The van der Waals surface area contributed by atoms with Crippen molar-refractivity contribution in [1.29, 1.82) is 0 Å². The van der Waals surface area contributed by atoms with Crippen LogP contribution in [0.2, 0.25) is 0 Å². The zero-order valence-corrected chi connectivity index (χ0v) is 13.3. The molecule has 1 aliphatic heterocycles. The highest BCUT2D eigenvalue weighted by Gasteiger charge is 2.28. The fraction of sp³-hybridized carbons (Fsp3) is 0.357. The molecule has 3 rings (SSSR count). The van der Waals surface area contributed by atoms with Crippen molar-refractivity contribution in [3.8, 4) is 0 Å². The molecule has 2 aromatic rings. The zero-order valence-electron chi connectivity index (χ0n) is 11.6. The minimum absolute atomic E-state index is 0.00256. The predicted octanol–water partition coefficient (Wildman–Crippen LogP) is 2.03. The van der Waals surface area contributed by atoms with E-state index in [4.69, 9.17) is 0 Å². The molecule has 0 spiro atoms. The van der Waals surface area contributed by atoms with E-state index >= 15 is 0 Å². The summed E-state index contributed by atoms with van der Waals surface area (Å²) in [7, 11) is -3.01. The smallest absolute Gasteiger partial charge is 0.315 e. The predicted molar refractivity (Wildman–Crippen MR) is 84.2 cm³/mol. The maximum atomic E-state index is 13.1. The maximum Gasteiger partial charge on any atom is 0.315 e. The Morgan fingerprint density at radius 1 is 1.36 bits per heavy atom. The summed E-state index contributed by atoms with van der Waals surface area (Å²) in [6, 6.07) is 5.71. The quantitative estimate of drug-likeness (QED) is 0.896. The van der Waals surface area contributed by atoms with Crippen molar-refractivity contribution in [2.75, 3.05) is 11.5 Å². The normalized spacial score (nSPS) is 20.1. The Balaban J connectivity index is 1.56. The van der Waals surface area contributed by atoms with Gasteiger partial charge in [0.25, 0.3) is 0 Å². The topological polar surface area (TPSA) is 75.3 Å². The molecule has 0 saturated carbocycles. The first-order valence-electron chi connectivity index (χ1n) is 6.84. The van der Waals surface area contributed by atoms with Gasteiger partial charge in [-0.15, -0.1) is 11.3 Å². The zero-order chi connectivity index (χ0) is 15.7. The van der Waals surface area contributed by atoms with Crippen LogP contribution >= 0.6 is 11.3 Å². The third kappa shape index (κ3) is 3.56. The number of hydrogen-bond donors (Lipinski definition) is 2. The van der Waals surface area contributed by atoms with E-state index in [0.29, 0.717) is 13.0 Å². The largest absolute Gasteiger partial charge is 0.334 e. The Bertz CT molecular complexity index is 817. The van der Waals surface area contributed by atoms with Crippen LogP contribution in [0.15, 0.2) is 24.3 Å². The Labute approximate surface area is 131 Å². The van der Waals surface area contributed by atoms with Gasteiger partial charge in [-0.1, -0.05) is 0 Å². The van der Waals surface area contributed by atoms with Crippen molar-refractivity contribution in [3.05, 3.63) is 35.0 Å². The lowest BCUT2D eigenvalue weighted by atomic mass is 10.2. The number of benzene rings is 1. The molecule has 1 aromatic heterocycles. The molecule has 1 saturated heterocycles. The van der Waals surface area contributed by atoms with Crippen molar-refractivity contribution in [2.24, 2.45) is 0 Å². The molecule has 1 atom stereocenters. The minimum atomic E-state index is -3.01. The summed E-state index contributed by atoms with van der Waals surface area (Å²) >= 11 is 1.49. The van der Waals surface area contributed by atoms with E-state index in [2.05, 4.69) is 10.6 Å². The molecule has 0 radical (unpaired) electrons. The first-order valence-corrected chi connectivity index (χ1v) is 9.48. The molecule has 2 heterocycles. The SMILES string of the molecule is O=C(NCc1cc2cc(F)ccc2s1)NC1CCS(=O)(=O)C1. The molecule has 2 N–H and O–H groups in total. The second-order valence-corrected chi connectivity index (χ2v) is 8.72. The summed E-state index contributed by atoms with van der Waals surface area (Å²) in [5.74, 6) is -0.160. The molecule has 2 amide bonds. The lowest BCUT2D eigenvalue weighted by Crippen LogP contribution is -2.42. The van der Waals surface area contributed by atoms with Crippen LogP contribution in [-0.4, -0.2) is 32.0 Å². The van der Waals surface area contributed by atoms with Crippen LogP contribution in [0.25, 0.3) is 10.1 Å². The van der Waals surface area contributed by atoms with E-state index in [0.717, 1.165) is 15.0 Å². The van der Waals surface area contributed by atoms with Gasteiger partial charge in [0.15, 0.2) is 9.84 Å². The van der Waals surface area contributed by atoms with Gasteiger partial charge in [-0.2, -0.15) is 0 Å². The van der Waals surface area contributed by atoms with Crippen molar-refractivity contribution in [3.63, 3.8) is 0 Å². The highest BCUT2D eigenvalue weighted by atomic mass is 32.2. The molecule has 0 bridgehead atoms. The minimum Gasteiger partial charge on any atom is -0.334 e. The summed E-state index contributed by atoms with van der Waals surface area (Å²) in [5.41, 5.74) is 0. The van der Waals surface area contributed by atoms with Crippen LogP contribution in [0.1, 0.15) is 11.3 Å². The number of nitrogens with one attached hydrogen (secondary N) is 2. The van der Waals surface area contributed by atoms with Gasteiger partial charge in [0.05, 0.1) is 18.1 Å². The molecule has 8 heteroatoms. The number of fused-ring (bicyclic) bond motifs is 1. The van der Waals surface area contributed by atoms with E-state index in [1.54, 1.807) is 6.07 Å². The molecule has 1 aliphatic rings. The highest BCUT2D eigenvalue weighted by molar-refractivity contribution is 7.91. The number of carbonyl (C=O) groups excluding carboxylic acids is 1. The number of urea groups is 1. The molecule has 1 unspecified atom stereocenters. The van der Waals surface area contributed by atoms with Gasteiger partial charge in [0.2, 0.25) is 0 Å². The molecule has 22 heavy (non-hydrogen) atoms. The van der Waals surface area contributed by atoms with Gasteiger partial charge < -0.3 is 10.6 Å². The van der Waals surface area contributed by atoms with Gasteiger partial charge in [-0.05, 0) is 36.1 Å². The van der Waals surface area contributed by atoms with Crippen LogP contribution in [0.4, 0.5) is 9.18 Å². The van der Waals surface area contributed by atoms with E-state index in [1.165, 1.54) is 23.5 Å². The van der Waals surface area contributed by atoms with Crippen molar-refractivity contribution in [2.45, 2.75) is 19.0 Å². The third-order valence-corrected chi connectivity index (χ3v) is 6.40. The molecule has 1 fully saturated rings. The molecule has 1 aromatic carbocycles. The Morgan fingerprint density at radius 2 is 2.18 bits per heavy atom. The standard InChI is InChI=1S/C14H15FN2O3S2/c15-10-1-2-13-9(5-10)6-12(21-13)7-16-14(18)17-11-3-4-22(19,20)8-11/h1-2,5-6,11H,3-4,7-8H2,(H2,16,17,18). The molecule has 118 valence electrons. The Morgan fingerprint density at radius 3 is 2.91 bits per heavy atom. The average Bonchev–Trinajstić information content (AvgIpc) is 2.98. The second-order valence-electron chi connectivity index (χ2n) is 5.32. The summed E-state index contributed by atoms with van der Waals surface area (Å²) in [6.45, 7) is 0.326.